The van der Waals surface area contributed by atoms with Crippen LogP contribution in [0.1, 0.15) is 125 Å². The molecule has 0 aliphatic heterocycles. The number of fused-ring (bicyclic) bond motifs is 30. The first-order chi connectivity index (χ1) is 61.4. The number of benzene rings is 12. The van der Waals surface area contributed by atoms with Gasteiger partial charge < -0.3 is 31.8 Å². The summed E-state index contributed by atoms with van der Waals surface area (Å²) >= 11 is 3.58. The minimum Gasteiger partial charge on any atom is -0.497 e. The summed E-state index contributed by atoms with van der Waals surface area (Å²) in [5.74, 6) is 0.946. The van der Waals surface area contributed by atoms with Crippen LogP contribution in [0.4, 0.5) is 0 Å². The maximum absolute atomic E-state index is 5.47. The third-order valence-electron chi connectivity index (χ3n) is 27.6. The van der Waals surface area contributed by atoms with Crippen molar-refractivity contribution in [2.45, 2.75) is 195 Å². The largest absolute Gasteiger partial charge is 0.497 e. The van der Waals surface area contributed by atoms with E-state index in [0.29, 0.717) is 0 Å². The SMILES string of the molecule is CC(C)(C)c1ccc2c(c1)c1c(n2[Si](C)(C)C)-c2ccccc2C1.COc1ccc2c(c1)c1c(n2C[Si](C)(C)C)-c2ccccc2C1.C[Si](C)(C)Cn1c2c(c3ccccc31)Cc1ccccc1-2.Cc1ccc2c(c1)c1c(n2C[Si](C)(C)C)-c2ccccc2C1.Cn1c2c(c3cc(Br)ccc31)Cc1ccccc1-2.Cn1c2c(c3cc(C(C)(C)C)ccc31)Cc1ccccc1-2. The fraction of sp³-hybridized carbons (Fsp3) is 0.282. The smallest absolute Gasteiger partial charge is 0.153 e. The van der Waals surface area contributed by atoms with E-state index in [1.807, 2.05) is 0 Å². The lowest BCUT2D eigenvalue weighted by Gasteiger charge is -2.24. The highest BCUT2D eigenvalue weighted by Gasteiger charge is 2.37. The summed E-state index contributed by atoms with van der Waals surface area (Å²) in [7, 11) is 0.979. The lowest BCUT2D eigenvalue weighted by Crippen LogP contribution is -2.32. The van der Waals surface area contributed by atoms with E-state index in [1.165, 1.54) is 223 Å². The molecule has 0 fully saturated rings. The molecule has 24 rings (SSSR count). The summed E-state index contributed by atoms with van der Waals surface area (Å²) in [6.45, 7) is 45.4. The monoisotopic (exact) mass is 1820 g/mol. The van der Waals surface area contributed by atoms with Gasteiger partial charge in [0.2, 0.25) is 0 Å². The second-order valence-electron chi connectivity index (χ2n) is 44.1. The van der Waals surface area contributed by atoms with E-state index in [-0.39, 0.29) is 10.8 Å². The molecule has 0 saturated heterocycles. The molecule has 6 aliphatic carbocycles. The van der Waals surface area contributed by atoms with Gasteiger partial charge in [0.25, 0.3) is 0 Å². The quantitative estimate of drug-likeness (QED) is 0.140. The van der Waals surface area contributed by atoms with Crippen molar-refractivity contribution in [2.75, 3.05) is 7.11 Å². The maximum atomic E-state index is 5.47. The number of ether oxygens (including phenoxy) is 1. The molecular formula is C117H127BrN6OSi4. The van der Waals surface area contributed by atoms with E-state index in [0.717, 1.165) is 54.9 Å². The zero-order valence-electron chi connectivity index (χ0n) is 80.2. The number of methoxy groups -OCH3 is 1. The van der Waals surface area contributed by atoms with Gasteiger partial charge in [0, 0.05) is 180 Å². The highest BCUT2D eigenvalue weighted by molar-refractivity contribution is 9.10. The summed E-state index contributed by atoms with van der Waals surface area (Å²) in [6.07, 6.45) is 9.94. The van der Waals surface area contributed by atoms with Crippen LogP contribution >= 0.6 is 15.9 Å². The zero-order valence-corrected chi connectivity index (χ0v) is 85.7. The Balaban J connectivity index is 0.000000101. The Kier molecular flexibility index (Phi) is 22.2. The fourth-order valence-corrected chi connectivity index (χ4v) is 27.9. The van der Waals surface area contributed by atoms with Crippen molar-refractivity contribution in [3.05, 3.63) is 349 Å². The van der Waals surface area contributed by atoms with Gasteiger partial charge in [-0.15, -0.1) is 0 Å². The molecule has 0 atom stereocenters. The minimum atomic E-state index is -1.52. The summed E-state index contributed by atoms with van der Waals surface area (Å²) in [6, 6.07) is 96.2. The molecule has 6 heterocycles. The van der Waals surface area contributed by atoms with Crippen LogP contribution in [0.3, 0.4) is 0 Å². The molecule has 0 spiro atoms. The van der Waals surface area contributed by atoms with Crippen molar-refractivity contribution in [1.82, 2.24) is 27.1 Å². The Morgan fingerprint density at radius 2 is 0.589 bits per heavy atom. The summed E-state index contributed by atoms with van der Waals surface area (Å²) in [4.78, 5) is 0. The molecule has 0 N–H and O–H groups in total. The van der Waals surface area contributed by atoms with E-state index in [9.17, 15) is 0 Å². The Labute approximate surface area is 777 Å². The van der Waals surface area contributed by atoms with E-state index in [1.54, 1.807) is 12.7 Å². The average molecular weight is 1830 g/mol. The van der Waals surface area contributed by atoms with Gasteiger partial charge in [-0.3, -0.25) is 0 Å². The summed E-state index contributed by atoms with van der Waals surface area (Å²) < 4.78 is 21.8. The van der Waals surface area contributed by atoms with Crippen LogP contribution in [0.2, 0.25) is 78.6 Å². The number of nitrogens with zero attached hydrogens (tertiary/aromatic N) is 6. The molecule has 0 amide bonds. The molecule has 0 radical (unpaired) electrons. The second-order valence-corrected chi connectivity index (χ2v) is 66.1. The van der Waals surface area contributed by atoms with E-state index >= 15 is 0 Å². The Hall–Kier alpha value is -11.0. The van der Waals surface area contributed by atoms with Gasteiger partial charge in [-0.05, 0) is 175 Å². The first kappa shape index (κ1) is 87.4. The van der Waals surface area contributed by atoms with Crippen molar-refractivity contribution in [3.8, 4) is 73.3 Å². The van der Waals surface area contributed by atoms with Crippen molar-refractivity contribution >= 4 is 114 Å². The van der Waals surface area contributed by atoms with Crippen LogP contribution in [0.15, 0.2) is 265 Å². The zero-order chi connectivity index (χ0) is 90.6. The maximum Gasteiger partial charge on any atom is 0.153 e. The van der Waals surface area contributed by atoms with E-state index in [2.05, 4.69) is 445 Å². The van der Waals surface area contributed by atoms with E-state index in [4.69, 9.17) is 4.74 Å². The molecule has 0 saturated carbocycles. The van der Waals surface area contributed by atoms with Crippen molar-refractivity contribution < 1.29 is 4.74 Å². The van der Waals surface area contributed by atoms with Crippen LogP contribution in [0, 0.1) is 6.92 Å². The van der Waals surface area contributed by atoms with Gasteiger partial charge in [-0.1, -0.05) is 324 Å². The van der Waals surface area contributed by atoms with Crippen LogP contribution in [-0.2, 0) is 82.0 Å². The third-order valence-corrected chi connectivity index (χ3v) is 33.7. The van der Waals surface area contributed by atoms with E-state index < -0.39 is 32.5 Å². The third kappa shape index (κ3) is 16.1. The number of para-hydroxylation sites is 1. The van der Waals surface area contributed by atoms with Gasteiger partial charge in [0.1, 0.15) is 5.75 Å². The van der Waals surface area contributed by atoms with Gasteiger partial charge >= 0.3 is 0 Å². The van der Waals surface area contributed by atoms with Gasteiger partial charge in [0.15, 0.2) is 8.24 Å². The molecule has 7 nitrogen and oxygen atoms in total. The van der Waals surface area contributed by atoms with Gasteiger partial charge in [0.05, 0.1) is 59.8 Å². The summed E-state index contributed by atoms with van der Waals surface area (Å²) in [5.41, 5.74) is 48.0. The lowest BCUT2D eigenvalue weighted by atomic mass is 9.86. The van der Waals surface area contributed by atoms with Crippen molar-refractivity contribution in [1.29, 1.82) is 0 Å². The highest BCUT2D eigenvalue weighted by atomic mass is 79.9. The molecule has 12 heteroatoms. The van der Waals surface area contributed by atoms with Gasteiger partial charge in [-0.2, -0.15) is 0 Å². The standard InChI is InChI=1S/C22H27NSi.C20H23NOSi.C20H23NSi.C20H21N.C19H21NSi.C16H12BrN/c1-22(2,3)16-11-12-20-18(14-16)19-13-15-9-7-8-10-17(15)21(19)23(20)24(4,5)6;1-22-15-9-10-19-17(12-15)18-11-14-7-5-6-8-16(14)20(18)21(19)13-23(2,3)4;1-14-9-10-19-17(11-14)18-12-15-7-5-6-8-16(15)20(18)21(19)13-22(2,3)4;1-20(2,3)14-9-10-18-16(12-14)17-11-13-7-5-6-8-15(13)19(17)21(18)4;1-21(2,3)13-20-18-11-7-6-10-16(18)17-12-14-8-4-5-9-15(14)19(17)20;1-18-15-7-6-11(17)9-13(15)14-8-10-4-2-3-5-12(10)16(14)18/h7-12,14H,13H2,1-6H3;5-10,12H,11,13H2,1-4H3;5-11H,12-13H2,1-4H3;5-10,12H,11H2,1-4H3;4-11H,12-13H2,1-3H3;2-7,9H,8H2,1H3. The van der Waals surface area contributed by atoms with Gasteiger partial charge in [-0.25, -0.2) is 0 Å². The van der Waals surface area contributed by atoms with Crippen molar-refractivity contribution in [3.63, 3.8) is 0 Å². The molecule has 6 aromatic heterocycles. The Morgan fingerprint density at radius 3 is 0.984 bits per heavy atom. The normalized spacial score (nSPS) is 13.4. The van der Waals surface area contributed by atoms with Crippen LogP contribution < -0.4 is 4.74 Å². The predicted molar refractivity (Wildman–Crippen MR) is 568 cm³/mol. The molecule has 6 aliphatic rings. The number of aromatic nitrogens is 6. The Bertz CT molecular complexity index is 7510. The highest BCUT2D eigenvalue weighted by Crippen LogP contribution is 2.51. The topological polar surface area (TPSA) is 38.8 Å². The average Bonchev–Trinajstić information content (AvgIpc) is 2.23. The molecule has 129 heavy (non-hydrogen) atoms. The first-order valence-corrected chi connectivity index (χ1v) is 62.2. The molecular weight excluding hydrogens is 1700 g/mol. The lowest BCUT2D eigenvalue weighted by molar-refractivity contribution is 0.415. The number of rotatable bonds is 8. The number of hydrogen-bond acceptors (Lipinski definition) is 1. The molecule has 0 unspecified atom stereocenters. The number of halogens is 1. The van der Waals surface area contributed by atoms with Crippen LogP contribution in [-0.4, -0.2) is 66.6 Å². The summed E-state index contributed by atoms with van der Waals surface area (Å²) in [5, 5.41) is 8.53. The molecule has 18 aromatic rings. The Morgan fingerprint density at radius 1 is 0.295 bits per heavy atom. The van der Waals surface area contributed by atoms with Crippen molar-refractivity contribution in [2.24, 2.45) is 14.1 Å². The second kappa shape index (κ2) is 32.8. The first-order valence-electron chi connectivity index (χ1n) is 46.8. The van der Waals surface area contributed by atoms with Crippen LogP contribution in [0.25, 0.3) is 133 Å². The molecule has 12 aromatic carbocycles. The molecule has 654 valence electrons. The number of hydrogen-bond donors (Lipinski definition) is 0. The fourth-order valence-electron chi connectivity index (χ4n) is 21.9. The predicted octanol–water partition coefficient (Wildman–Crippen LogP) is 31.3. The minimum absolute atomic E-state index is 0.188. The number of aryl methyl sites for hydroxylation is 3. The van der Waals surface area contributed by atoms with Crippen LogP contribution in [0.5, 0.6) is 5.75 Å². The molecule has 0 bridgehead atoms.